The standard InChI is InChI=1S/C16H33N3O.HI/c1-4-5-8-12-18-15(17-2)19-14-16(11-13-20-3)9-6-7-10-16;/h4-14H2,1-3H3,(H2,17,18,19);1H. The molecule has 0 bridgehead atoms. The van der Waals surface area contributed by atoms with Crippen LogP contribution in [0.15, 0.2) is 4.99 Å². The van der Waals surface area contributed by atoms with Crippen molar-refractivity contribution in [2.24, 2.45) is 10.4 Å². The van der Waals surface area contributed by atoms with Crippen LogP contribution in [0.5, 0.6) is 0 Å². The number of nitrogens with zero attached hydrogens (tertiary/aromatic N) is 1. The fourth-order valence-corrected chi connectivity index (χ4v) is 3.03. The van der Waals surface area contributed by atoms with Crippen molar-refractivity contribution in [2.45, 2.75) is 58.3 Å². The summed E-state index contributed by atoms with van der Waals surface area (Å²) in [5.41, 5.74) is 0.414. The first-order valence-corrected chi connectivity index (χ1v) is 8.20. The van der Waals surface area contributed by atoms with Gasteiger partial charge in [0.2, 0.25) is 0 Å². The molecule has 1 aliphatic carbocycles. The van der Waals surface area contributed by atoms with Crippen LogP contribution in [0, 0.1) is 5.41 Å². The number of ether oxygens (including phenoxy) is 1. The first kappa shape index (κ1) is 21.0. The van der Waals surface area contributed by atoms with Gasteiger partial charge in [0.15, 0.2) is 5.96 Å². The van der Waals surface area contributed by atoms with Crippen molar-refractivity contribution in [3.63, 3.8) is 0 Å². The van der Waals surface area contributed by atoms with E-state index in [1.54, 1.807) is 7.11 Å². The Morgan fingerprint density at radius 3 is 2.48 bits per heavy atom. The lowest BCUT2D eigenvalue weighted by molar-refractivity contribution is 0.138. The predicted octanol–water partition coefficient (Wildman–Crippen LogP) is 3.56. The van der Waals surface area contributed by atoms with E-state index in [4.69, 9.17) is 4.74 Å². The van der Waals surface area contributed by atoms with E-state index < -0.39 is 0 Å². The largest absolute Gasteiger partial charge is 0.385 e. The summed E-state index contributed by atoms with van der Waals surface area (Å²) in [7, 11) is 3.65. The van der Waals surface area contributed by atoms with Crippen LogP contribution in [0.25, 0.3) is 0 Å². The zero-order valence-electron chi connectivity index (χ0n) is 14.0. The van der Waals surface area contributed by atoms with Crippen LogP contribution in [-0.4, -0.2) is 39.8 Å². The first-order chi connectivity index (χ1) is 9.76. The second-order valence-corrected chi connectivity index (χ2v) is 6.01. The third-order valence-corrected chi connectivity index (χ3v) is 4.43. The Kier molecular flexibility index (Phi) is 12.5. The molecule has 0 spiro atoms. The fourth-order valence-electron chi connectivity index (χ4n) is 3.03. The topological polar surface area (TPSA) is 45.7 Å². The van der Waals surface area contributed by atoms with E-state index >= 15 is 0 Å². The van der Waals surface area contributed by atoms with Crippen molar-refractivity contribution in [3.05, 3.63) is 0 Å². The van der Waals surface area contributed by atoms with E-state index in [0.717, 1.165) is 32.1 Å². The Morgan fingerprint density at radius 2 is 1.90 bits per heavy atom. The van der Waals surface area contributed by atoms with Gasteiger partial charge < -0.3 is 15.4 Å². The van der Waals surface area contributed by atoms with Crippen molar-refractivity contribution in [2.75, 3.05) is 33.9 Å². The molecule has 0 amide bonds. The molecule has 0 saturated heterocycles. The van der Waals surface area contributed by atoms with Crippen molar-refractivity contribution < 1.29 is 4.74 Å². The molecule has 0 aliphatic heterocycles. The van der Waals surface area contributed by atoms with Crippen LogP contribution in [0.1, 0.15) is 58.3 Å². The average Bonchev–Trinajstić information content (AvgIpc) is 2.94. The first-order valence-electron chi connectivity index (χ1n) is 8.20. The third-order valence-electron chi connectivity index (χ3n) is 4.43. The van der Waals surface area contributed by atoms with Crippen molar-refractivity contribution >= 4 is 29.9 Å². The molecular formula is C16H34IN3O. The zero-order chi connectivity index (χ0) is 14.7. The monoisotopic (exact) mass is 411 g/mol. The molecule has 1 fully saturated rings. The molecular weight excluding hydrogens is 377 g/mol. The highest BCUT2D eigenvalue weighted by Crippen LogP contribution is 2.40. The van der Waals surface area contributed by atoms with E-state index in [0.29, 0.717) is 5.41 Å². The summed E-state index contributed by atoms with van der Waals surface area (Å²) in [6.07, 6.45) is 10.2. The highest BCUT2D eigenvalue weighted by molar-refractivity contribution is 14.0. The Morgan fingerprint density at radius 1 is 1.19 bits per heavy atom. The van der Waals surface area contributed by atoms with Gasteiger partial charge in [-0.25, -0.2) is 0 Å². The van der Waals surface area contributed by atoms with E-state index in [9.17, 15) is 0 Å². The summed E-state index contributed by atoms with van der Waals surface area (Å²) in [6.45, 7) is 5.12. The van der Waals surface area contributed by atoms with Gasteiger partial charge >= 0.3 is 0 Å². The second kappa shape index (κ2) is 12.5. The van der Waals surface area contributed by atoms with Crippen LogP contribution in [0.4, 0.5) is 0 Å². The summed E-state index contributed by atoms with van der Waals surface area (Å²) < 4.78 is 5.28. The number of aliphatic imine (C=N–C) groups is 1. The summed E-state index contributed by atoms with van der Waals surface area (Å²) in [4.78, 5) is 4.32. The Labute approximate surface area is 147 Å². The highest BCUT2D eigenvalue weighted by atomic mass is 127. The van der Waals surface area contributed by atoms with Gasteiger partial charge in [-0.1, -0.05) is 32.6 Å². The summed E-state index contributed by atoms with van der Waals surface area (Å²) in [5, 5.41) is 6.93. The maximum Gasteiger partial charge on any atom is 0.190 e. The van der Waals surface area contributed by atoms with E-state index in [1.165, 1.54) is 44.9 Å². The van der Waals surface area contributed by atoms with Crippen LogP contribution < -0.4 is 10.6 Å². The molecule has 4 nitrogen and oxygen atoms in total. The number of rotatable bonds is 9. The molecule has 0 atom stereocenters. The highest BCUT2D eigenvalue weighted by Gasteiger charge is 2.33. The minimum Gasteiger partial charge on any atom is -0.385 e. The van der Waals surface area contributed by atoms with E-state index in [2.05, 4.69) is 22.5 Å². The molecule has 2 N–H and O–H groups in total. The van der Waals surface area contributed by atoms with E-state index in [1.807, 2.05) is 7.05 Å². The summed E-state index contributed by atoms with van der Waals surface area (Å²) in [5.74, 6) is 0.949. The molecule has 0 heterocycles. The van der Waals surface area contributed by atoms with Crippen molar-refractivity contribution in [1.29, 1.82) is 0 Å². The van der Waals surface area contributed by atoms with Gasteiger partial charge in [0, 0.05) is 33.9 Å². The molecule has 0 aromatic rings. The number of guanidine groups is 1. The average molecular weight is 411 g/mol. The molecule has 0 aromatic heterocycles. The predicted molar refractivity (Wildman–Crippen MR) is 102 cm³/mol. The third kappa shape index (κ3) is 8.24. The molecule has 1 rings (SSSR count). The maximum atomic E-state index is 5.28. The van der Waals surface area contributed by atoms with Crippen LogP contribution in [0.3, 0.4) is 0 Å². The van der Waals surface area contributed by atoms with Crippen LogP contribution in [-0.2, 0) is 4.74 Å². The summed E-state index contributed by atoms with van der Waals surface area (Å²) in [6, 6.07) is 0. The number of nitrogens with one attached hydrogen (secondary N) is 2. The van der Waals surface area contributed by atoms with Gasteiger partial charge in [-0.05, 0) is 31.1 Å². The Balaban J connectivity index is 0.00000400. The molecule has 1 aliphatic rings. The smallest absolute Gasteiger partial charge is 0.190 e. The van der Waals surface area contributed by atoms with Gasteiger partial charge in [0.1, 0.15) is 0 Å². The molecule has 0 unspecified atom stereocenters. The molecule has 21 heavy (non-hydrogen) atoms. The van der Waals surface area contributed by atoms with Gasteiger partial charge in [-0.3, -0.25) is 4.99 Å². The quantitative estimate of drug-likeness (QED) is 0.264. The van der Waals surface area contributed by atoms with Crippen molar-refractivity contribution in [3.8, 4) is 0 Å². The molecule has 126 valence electrons. The molecule has 0 aromatic carbocycles. The second-order valence-electron chi connectivity index (χ2n) is 6.01. The van der Waals surface area contributed by atoms with E-state index in [-0.39, 0.29) is 24.0 Å². The minimum absolute atomic E-state index is 0. The number of unbranched alkanes of at least 4 members (excludes halogenated alkanes) is 2. The van der Waals surface area contributed by atoms with Gasteiger partial charge in [-0.2, -0.15) is 0 Å². The maximum absolute atomic E-state index is 5.28. The lowest BCUT2D eigenvalue weighted by Gasteiger charge is -2.30. The van der Waals surface area contributed by atoms with Crippen LogP contribution in [0.2, 0.25) is 0 Å². The Bertz CT molecular complexity index is 279. The van der Waals surface area contributed by atoms with Gasteiger partial charge in [-0.15, -0.1) is 24.0 Å². The fraction of sp³-hybridized carbons (Fsp3) is 0.938. The lowest BCUT2D eigenvalue weighted by atomic mass is 9.83. The zero-order valence-corrected chi connectivity index (χ0v) is 16.4. The summed E-state index contributed by atoms with van der Waals surface area (Å²) >= 11 is 0. The number of hydrogen-bond acceptors (Lipinski definition) is 2. The normalized spacial score (nSPS) is 17.4. The number of hydrogen-bond donors (Lipinski definition) is 2. The van der Waals surface area contributed by atoms with Gasteiger partial charge in [0.25, 0.3) is 0 Å². The molecule has 5 heteroatoms. The number of halogens is 1. The lowest BCUT2D eigenvalue weighted by Crippen LogP contribution is -2.43. The van der Waals surface area contributed by atoms with Crippen LogP contribution >= 0.6 is 24.0 Å². The SMILES string of the molecule is CCCCCNC(=NC)NCC1(CCOC)CCCC1.I. The minimum atomic E-state index is 0. The molecule has 0 radical (unpaired) electrons. The molecule has 1 saturated carbocycles. The van der Waals surface area contributed by atoms with Gasteiger partial charge in [0.05, 0.1) is 0 Å². The Hall–Kier alpha value is -0.0400. The number of methoxy groups -OCH3 is 1. The van der Waals surface area contributed by atoms with Crippen molar-refractivity contribution in [1.82, 2.24) is 10.6 Å².